The zero-order chi connectivity index (χ0) is 18.4. The number of piperazine rings is 1. The van der Waals surface area contributed by atoms with Crippen molar-refractivity contribution in [3.05, 3.63) is 23.8 Å². The molecule has 1 aliphatic rings. The average molecular weight is 349 g/mol. The molecule has 1 saturated heterocycles. The zero-order valence-corrected chi connectivity index (χ0v) is 15.4. The van der Waals surface area contributed by atoms with Crippen molar-refractivity contribution in [2.75, 3.05) is 46.9 Å². The van der Waals surface area contributed by atoms with Crippen LogP contribution in [0, 0.1) is 0 Å². The number of hydrogen-bond acceptors (Lipinski definition) is 5. The highest BCUT2D eigenvalue weighted by Gasteiger charge is 2.25. The van der Waals surface area contributed by atoms with Crippen LogP contribution in [-0.4, -0.2) is 74.6 Å². The molecular formula is C18H27N3O4. The third-order valence-electron chi connectivity index (χ3n) is 4.12. The lowest BCUT2D eigenvalue weighted by atomic mass is 10.1. The molecule has 7 nitrogen and oxygen atoms in total. The molecule has 0 saturated carbocycles. The molecule has 0 bridgehead atoms. The van der Waals surface area contributed by atoms with E-state index in [-0.39, 0.29) is 17.9 Å². The van der Waals surface area contributed by atoms with E-state index in [1.54, 1.807) is 30.2 Å². The summed E-state index contributed by atoms with van der Waals surface area (Å²) in [6.45, 7) is 6.77. The van der Waals surface area contributed by atoms with Crippen molar-refractivity contribution >= 4 is 11.8 Å². The Balaban J connectivity index is 1.94. The topological polar surface area (TPSA) is 71.1 Å². The smallest absolute Gasteiger partial charge is 0.257 e. The molecule has 1 fully saturated rings. The van der Waals surface area contributed by atoms with Gasteiger partial charge in [-0.1, -0.05) is 0 Å². The first-order valence-electron chi connectivity index (χ1n) is 8.47. The zero-order valence-electron chi connectivity index (χ0n) is 15.4. The van der Waals surface area contributed by atoms with E-state index in [2.05, 4.69) is 10.2 Å². The van der Waals surface area contributed by atoms with E-state index in [0.717, 1.165) is 0 Å². The van der Waals surface area contributed by atoms with Crippen LogP contribution in [0.2, 0.25) is 0 Å². The van der Waals surface area contributed by atoms with Gasteiger partial charge in [0.05, 0.1) is 26.3 Å². The summed E-state index contributed by atoms with van der Waals surface area (Å²) >= 11 is 0. The van der Waals surface area contributed by atoms with Gasteiger partial charge in [0.2, 0.25) is 5.91 Å². The van der Waals surface area contributed by atoms with Gasteiger partial charge in [-0.3, -0.25) is 14.5 Å². The number of ether oxygens (including phenoxy) is 2. The van der Waals surface area contributed by atoms with E-state index in [9.17, 15) is 9.59 Å². The predicted octanol–water partition coefficient (Wildman–Crippen LogP) is 0.986. The highest BCUT2D eigenvalue weighted by molar-refractivity contribution is 5.97. The summed E-state index contributed by atoms with van der Waals surface area (Å²) in [4.78, 5) is 28.5. The highest BCUT2D eigenvalue weighted by Crippen LogP contribution is 2.26. The molecule has 1 aromatic rings. The summed E-state index contributed by atoms with van der Waals surface area (Å²) in [5, 5.41) is 2.89. The van der Waals surface area contributed by atoms with Crippen molar-refractivity contribution in [3.63, 3.8) is 0 Å². The minimum atomic E-state index is -0.0641. The molecule has 2 rings (SSSR count). The van der Waals surface area contributed by atoms with Gasteiger partial charge in [0.25, 0.3) is 5.91 Å². The lowest BCUT2D eigenvalue weighted by Gasteiger charge is -2.34. The number of benzene rings is 1. The van der Waals surface area contributed by atoms with E-state index in [4.69, 9.17) is 9.47 Å². The van der Waals surface area contributed by atoms with E-state index in [1.807, 2.05) is 13.8 Å². The maximum atomic E-state index is 12.8. The lowest BCUT2D eigenvalue weighted by molar-refractivity contribution is -0.123. The molecule has 0 aromatic heterocycles. The lowest BCUT2D eigenvalue weighted by Crippen LogP contribution is -2.51. The number of nitrogens with one attached hydrogen (secondary N) is 1. The molecule has 1 N–H and O–H groups in total. The van der Waals surface area contributed by atoms with Crippen molar-refractivity contribution in [2.24, 2.45) is 0 Å². The van der Waals surface area contributed by atoms with Gasteiger partial charge in [-0.15, -0.1) is 0 Å². The quantitative estimate of drug-likeness (QED) is 0.829. The Labute approximate surface area is 148 Å². The Morgan fingerprint density at radius 3 is 2.36 bits per heavy atom. The summed E-state index contributed by atoms with van der Waals surface area (Å²) in [6, 6.07) is 5.32. The Kier molecular flexibility index (Phi) is 6.64. The van der Waals surface area contributed by atoms with Crippen LogP contribution in [0.25, 0.3) is 0 Å². The highest BCUT2D eigenvalue weighted by atomic mass is 16.5. The number of rotatable bonds is 6. The first-order valence-corrected chi connectivity index (χ1v) is 8.47. The van der Waals surface area contributed by atoms with Gasteiger partial charge in [-0.2, -0.15) is 0 Å². The molecule has 0 radical (unpaired) electrons. The van der Waals surface area contributed by atoms with Crippen molar-refractivity contribution < 1.29 is 19.1 Å². The number of methoxy groups -OCH3 is 2. The molecule has 138 valence electrons. The van der Waals surface area contributed by atoms with E-state index in [0.29, 0.717) is 49.8 Å². The van der Waals surface area contributed by atoms with Crippen LogP contribution in [0.3, 0.4) is 0 Å². The van der Waals surface area contributed by atoms with Gasteiger partial charge in [-0.25, -0.2) is 0 Å². The SMILES string of the molecule is COc1ccc(C(=O)N2CCN(CC(=O)NC(C)C)CC2)c(OC)c1. The molecule has 1 aliphatic heterocycles. The summed E-state index contributed by atoms with van der Waals surface area (Å²) in [5.41, 5.74) is 0.523. The summed E-state index contributed by atoms with van der Waals surface area (Å²) in [5.74, 6) is 1.11. The minimum absolute atomic E-state index is 0.0200. The molecule has 0 unspecified atom stereocenters. The third-order valence-corrected chi connectivity index (χ3v) is 4.12. The summed E-state index contributed by atoms with van der Waals surface area (Å²) in [7, 11) is 3.11. The summed E-state index contributed by atoms with van der Waals surface area (Å²) in [6.07, 6.45) is 0. The van der Waals surface area contributed by atoms with Crippen molar-refractivity contribution in [2.45, 2.75) is 19.9 Å². The number of amides is 2. The second-order valence-electron chi connectivity index (χ2n) is 6.36. The third kappa shape index (κ3) is 5.09. The fourth-order valence-corrected chi connectivity index (χ4v) is 2.83. The van der Waals surface area contributed by atoms with Gasteiger partial charge < -0.3 is 19.7 Å². The van der Waals surface area contributed by atoms with Gasteiger partial charge in [0, 0.05) is 38.3 Å². The molecule has 25 heavy (non-hydrogen) atoms. The van der Waals surface area contributed by atoms with Gasteiger partial charge in [0.15, 0.2) is 0 Å². The maximum Gasteiger partial charge on any atom is 0.257 e. The average Bonchev–Trinajstić information content (AvgIpc) is 2.60. The fraction of sp³-hybridized carbons (Fsp3) is 0.556. The van der Waals surface area contributed by atoms with Gasteiger partial charge >= 0.3 is 0 Å². The Morgan fingerprint density at radius 2 is 1.80 bits per heavy atom. The van der Waals surface area contributed by atoms with Crippen LogP contribution in [0.5, 0.6) is 11.5 Å². The Morgan fingerprint density at radius 1 is 1.12 bits per heavy atom. The monoisotopic (exact) mass is 349 g/mol. The number of carbonyl (C=O) groups excluding carboxylic acids is 2. The standard InChI is InChI=1S/C18H27N3O4/c1-13(2)19-17(22)12-20-7-9-21(10-8-20)18(23)15-6-5-14(24-3)11-16(15)25-4/h5-6,11,13H,7-10,12H2,1-4H3,(H,19,22). The maximum absolute atomic E-state index is 12.8. The normalized spacial score (nSPS) is 15.2. The molecule has 1 aromatic carbocycles. The second kappa shape index (κ2) is 8.71. The van der Waals surface area contributed by atoms with E-state index in [1.165, 1.54) is 7.11 Å². The first kappa shape index (κ1) is 19.1. The van der Waals surface area contributed by atoms with E-state index >= 15 is 0 Å². The van der Waals surface area contributed by atoms with Crippen LogP contribution in [0.4, 0.5) is 0 Å². The van der Waals surface area contributed by atoms with Crippen LogP contribution in [0.1, 0.15) is 24.2 Å². The number of carbonyl (C=O) groups is 2. The predicted molar refractivity (Wildman–Crippen MR) is 95.2 cm³/mol. The second-order valence-corrected chi connectivity index (χ2v) is 6.36. The summed E-state index contributed by atoms with van der Waals surface area (Å²) < 4.78 is 10.5. The molecule has 1 heterocycles. The fourth-order valence-electron chi connectivity index (χ4n) is 2.83. The molecular weight excluding hydrogens is 322 g/mol. The largest absolute Gasteiger partial charge is 0.497 e. The van der Waals surface area contributed by atoms with Crippen LogP contribution >= 0.6 is 0 Å². The number of nitrogens with zero attached hydrogens (tertiary/aromatic N) is 2. The van der Waals surface area contributed by atoms with Gasteiger partial charge in [0.1, 0.15) is 11.5 Å². The van der Waals surface area contributed by atoms with Crippen molar-refractivity contribution in [1.29, 1.82) is 0 Å². The van der Waals surface area contributed by atoms with Crippen molar-refractivity contribution in [3.8, 4) is 11.5 Å². The van der Waals surface area contributed by atoms with E-state index < -0.39 is 0 Å². The van der Waals surface area contributed by atoms with Gasteiger partial charge in [-0.05, 0) is 26.0 Å². The number of hydrogen-bond donors (Lipinski definition) is 1. The molecule has 0 spiro atoms. The Hall–Kier alpha value is -2.28. The van der Waals surface area contributed by atoms with Crippen LogP contribution in [0.15, 0.2) is 18.2 Å². The van der Waals surface area contributed by atoms with Crippen LogP contribution in [-0.2, 0) is 4.79 Å². The minimum Gasteiger partial charge on any atom is -0.497 e. The first-order chi connectivity index (χ1) is 11.9. The molecule has 0 aliphatic carbocycles. The molecule has 2 amide bonds. The molecule has 0 atom stereocenters. The molecule has 7 heteroatoms. The van der Waals surface area contributed by atoms with Crippen molar-refractivity contribution in [1.82, 2.24) is 15.1 Å². The van der Waals surface area contributed by atoms with Crippen LogP contribution < -0.4 is 14.8 Å². The Bertz CT molecular complexity index is 610.